The van der Waals surface area contributed by atoms with Crippen LogP contribution in [0.25, 0.3) is 0 Å². The summed E-state index contributed by atoms with van der Waals surface area (Å²) in [6.07, 6.45) is -0.0194. The SMILES string of the molecule is N/C(=C\C(=O)C[C@H](N)C(=O)[O-])C(=O)[O-].[Li+].[Li+]. The average Bonchev–Trinajstić information content (AvgIpc) is 2.03. The van der Waals surface area contributed by atoms with E-state index in [1.165, 1.54) is 0 Å². The number of carbonyl (C=O) groups is 3. The number of carboxylic acid groups (broad SMARTS) is 2. The average molecular weight is 214 g/mol. The van der Waals surface area contributed by atoms with Gasteiger partial charge in [0.15, 0.2) is 5.78 Å². The molecule has 0 heterocycles. The molecule has 9 heteroatoms. The molecule has 4 N–H and O–H groups in total. The summed E-state index contributed by atoms with van der Waals surface area (Å²) in [5.74, 6) is -4.12. The van der Waals surface area contributed by atoms with Crippen LogP contribution < -0.4 is 59.4 Å². The van der Waals surface area contributed by atoms with Crippen LogP contribution in [-0.2, 0) is 14.4 Å². The normalized spacial score (nSPS) is 11.7. The first-order chi connectivity index (χ1) is 6.34. The molecule has 0 unspecified atom stereocenters. The molecule has 0 aliphatic rings. The summed E-state index contributed by atoms with van der Waals surface area (Å²) >= 11 is 0. The topological polar surface area (TPSA) is 149 Å². The number of allylic oxidation sites excluding steroid dienone is 1. The maximum atomic E-state index is 10.9. The molecule has 0 saturated heterocycles. The first-order valence-electron chi connectivity index (χ1n) is 3.52. The number of carbonyl (C=O) groups excluding carboxylic acids is 3. The van der Waals surface area contributed by atoms with Gasteiger partial charge >= 0.3 is 37.7 Å². The maximum Gasteiger partial charge on any atom is 1.00 e. The van der Waals surface area contributed by atoms with E-state index in [1.807, 2.05) is 0 Å². The summed E-state index contributed by atoms with van der Waals surface area (Å²) in [6.45, 7) is 0. The molecule has 0 radical (unpaired) electrons. The smallest absolute Gasteiger partial charge is 0.548 e. The standard InChI is InChI=1S/C7H10N2O5.2Li/c8-4(6(11)12)1-3(10)2-5(9)7(13)14;;/h1,5H,2,8-9H2,(H,11,12)(H,13,14);;/q;2*+1/p-2/b4-1-;;/t5-;;/m0../s1. The Morgan fingerprint density at radius 1 is 1.19 bits per heavy atom. The maximum absolute atomic E-state index is 10.9. The minimum absolute atomic E-state index is 0. The summed E-state index contributed by atoms with van der Waals surface area (Å²) < 4.78 is 0. The second-order valence-electron chi connectivity index (χ2n) is 2.48. The minimum Gasteiger partial charge on any atom is -0.548 e. The molecule has 0 aliphatic heterocycles. The van der Waals surface area contributed by atoms with E-state index in [4.69, 9.17) is 11.5 Å². The fraction of sp³-hybridized carbons (Fsp3) is 0.286. The van der Waals surface area contributed by atoms with Crippen molar-refractivity contribution in [2.45, 2.75) is 12.5 Å². The van der Waals surface area contributed by atoms with E-state index < -0.39 is 35.9 Å². The van der Waals surface area contributed by atoms with Crippen LogP contribution in [0.1, 0.15) is 6.42 Å². The summed E-state index contributed by atoms with van der Waals surface area (Å²) in [5, 5.41) is 20.1. The third kappa shape index (κ3) is 8.60. The molecular weight excluding hydrogens is 206 g/mol. The Bertz CT molecular complexity index is 305. The number of aliphatic carboxylic acids is 2. The Kier molecular flexibility index (Phi) is 12.3. The molecular formula is C7H8Li2N2O5. The number of nitrogens with two attached hydrogens (primary N) is 2. The number of carboxylic acids is 2. The Morgan fingerprint density at radius 3 is 1.94 bits per heavy atom. The van der Waals surface area contributed by atoms with Crippen LogP contribution in [0.15, 0.2) is 11.8 Å². The molecule has 0 aromatic heterocycles. The van der Waals surface area contributed by atoms with E-state index in [-0.39, 0.29) is 37.7 Å². The van der Waals surface area contributed by atoms with Gasteiger partial charge in [0.05, 0.1) is 23.7 Å². The zero-order valence-electron chi connectivity index (χ0n) is 9.06. The van der Waals surface area contributed by atoms with Crippen LogP contribution in [0, 0.1) is 0 Å². The third-order valence-electron chi connectivity index (χ3n) is 1.28. The largest absolute Gasteiger partial charge is 1.00 e. The van der Waals surface area contributed by atoms with Gasteiger partial charge in [-0.05, 0) is 0 Å². The summed E-state index contributed by atoms with van der Waals surface area (Å²) in [6, 6.07) is -1.48. The fourth-order valence-corrected chi connectivity index (χ4v) is 0.591. The van der Waals surface area contributed by atoms with E-state index in [9.17, 15) is 24.6 Å². The van der Waals surface area contributed by atoms with Crippen molar-refractivity contribution < 1.29 is 62.3 Å². The monoisotopic (exact) mass is 214 g/mol. The predicted octanol–water partition coefficient (Wildman–Crippen LogP) is -10.4. The van der Waals surface area contributed by atoms with Gasteiger partial charge in [-0.2, -0.15) is 0 Å². The Hall–Kier alpha value is -0.695. The minimum atomic E-state index is -1.71. The van der Waals surface area contributed by atoms with Crippen LogP contribution in [0.5, 0.6) is 0 Å². The second kappa shape index (κ2) is 9.53. The summed E-state index contributed by atoms with van der Waals surface area (Å²) in [4.78, 5) is 31.0. The number of hydrogen-bond acceptors (Lipinski definition) is 7. The van der Waals surface area contributed by atoms with Gasteiger partial charge in [-0.15, -0.1) is 0 Å². The van der Waals surface area contributed by atoms with Crippen molar-refractivity contribution in [3.8, 4) is 0 Å². The van der Waals surface area contributed by atoms with Crippen molar-refractivity contribution >= 4 is 17.7 Å². The van der Waals surface area contributed by atoms with Crippen molar-refractivity contribution in [1.82, 2.24) is 0 Å². The van der Waals surface area contributed by atoms with Gasteiger partial charge in [0.25, 0.3) is 0 Å². The molecule has 78 valence electrons. The van der Waals surface area contributed by atoms with E-state index in [0.717, 1.165) is 0 Å². The van der Waals surface area contributed by atoms with Crippen LogP contribution in [-0.4, -0.2) is 23.8 Å². The summed E-state index contributed by atoms with van der Waals surface area (Å²) in [5.41, 5.74) is 9.02. The van der Waals surface area contributed by atoms with Crippen LogP contribution >= 0.6 is 0 Å². The predicted molar refractivity (Wildman–Crippen MR) is 39.9 cm³/mol. The van der Waals surface area contributed by atoms with Crippen LogP contribution in [0.3, 0.4) is 0 Å². The van der Waals surface area contributed by atoms with Crippen molar-refractivity contribution in [2.75, 3.05) is 0 Å². The molecule has 0 saturated carbocycles. The van der Waals surface area contributed by atoms with Crippen molar-refractivity contribution in [3.63, 3.8) is 0 Å². The van der Waals surface area contributed by atoms with Gasteiger partial charge in [-0.3, -0.25) is 4.79 Å². The van der Waals surface area contributed by atoms with Gasteiger partial charge in [-0.25, -0.2) is 0 Å². The van der Waals surface area contributed by atoms with E-state index in [2.05, 4.69) is 0 Å². The second-order valence-corrected chi connectivity index (χ2v) is 2.48. The Balaban J connectivity index is -0.000000845. The third-order valence-corrected chi connectivity index (χ3v) is 1.28. The van der Waals surface area contributed by atoms with Gasteiger partial charge < -0.3 is 31.3 Å². The van der Waals surface area contributed by atoms with E-state index in [1.54, 1.807) is 0 Å². The molecule has 1 atom stereocenters. The van der Waals surface area contributed by atoms with E-state index >= 15 is 0 Å². The molecule has 16 heavy (non-hydrogen) atoms. The molecule has 0 aromatic rings. The molecule has 0 aliphatic carbocycles. The van der Waals surface area contributed by atoms with Gasteiger partial charge in [0.1, 0.15) is 0 Å². The quantitative estimate of drug-likeness (QED) is 0.340. The van der Waals surface area contributed by atoms with Crippen LogP contribution in [0.2, 0.25) is 0 Å². The van der Waals surface area contributed by atoms with Crippen molar-refractivity contribution in [2.24, 2.45) is 11.5 Å². The summed E-state index contributed by atoms with van der Waals surface area (Å²) in [7, 11) is 0. The first kappa shape index (κ1) is 20.7. The van der Waals surface area contributed by atoms with Gasteiger partial charge in [0.2, 0.25) is 0 Å². The molecule has 0 spiro atoms. The molecule has 0 fully saturated rings. The fourth-order valence-electron chi connectivity index (χ4n) is 0.591. The van der Waals surface area contributed by atoms with E-state index in [0.29, 0.717) is 6.08 Å². The first-order valence-corrected chi connectivity index (χ1v) is 3.52. The Morgan fingerprint density at radius 2 is 1.62 bits per heavy atom. The molecule has 0 aromatic carbocycles. The van der Waals surface area contributed by atoms with Gasteiger partial charge in [0, 0.05) is 12.5 Å². The molecule has 7 nitrogen and oxygen atoms in total. The van der Waals surface area contributed by atoms with Crippen molar-refractivity contribution in [3.05, 3.63) is 11.8 Å². The number of hydrogen-bond donors (Lipinski definition) is 2. The molecule has 0 rings (SSSR count). The Labute approximate surface area is 116 Å². The zero-order valence-corrected chi connectivity index (χ0v) is 9.06. The van der Waals surface area contributed by atoms with Crippen LogP contribution in [0.4, 0.5) is 0 Å². The molecule has 0 bridgehead atoms. The number of ketones is 1. The molecule has 0 amide bonds. The van der Waals surface area contributed by atoms with Gasteiger partial charge in [-0.1, -0.05) is 0 Å². The zero-order chi connectivity index (χ0) is 11.3. The van der Waals surface area contributed by atoms with Crippen molar-refractivity contribution in [1.29, 1.82) is 0 Å². The number of rotatable bonds is 5.